The highest BCUT2D eigenvalue weighted by molar-refractivity contribution is 5.79. The van der Waals surface area contributed by atoms with Crippen LogP contribution in [0.25, 0.3) is 22.4 Å². The first-order valence-electron chi connectivity index (χ1n) is 9.17. The Kier molecular flexibility index (Phi) is 4.71. The van der Waals surface area contributed by atoms with Gasteiger partial charge in [-0.2, -0.15) is 0 Å². The van der Waals surface area contributed by atoms with E-state index < -0.39 is 0 Å². The van der Waals surface area contributed by atoms with Gasteiger partial charge in [0.15, 0.2) is 0 Å². The topological polar surface area (TPSA) is 24.9 Å². The highest BCUT2D eigenvalue weighted by Crippen LogP contribution is 2.33. The number of aromatic nitrogens is 1. The Bertz CT molecular complexity index is 1040. The fourth-order valence-electron chi connectivity index (χ4n) is 3.18. The summed E-state index contributed by atoms with van der Waals surface area (Å²) in [6.45, 7) is 4.24. The van der Waals surface area contributed by atoms with Gasteiger partial charge >= 0.3 is 0 Å². The zero-order valence-corrected chi connectivity index (χ0v) is 15.6. The van der Waals surface area contributed by atoms with E-state index in [1.807, 2.05) is 36.4 Å². The van der Waals surface area contributed by atoms with E-state index in [1.165, 1.54) is 16.7 Å². The van der Waals surface area contributed by atoms with E-state index in [0.717, 1.165) is 28.3 Å². The summed E-state index contributed by atoms with van der Waals surface area (Å²) in [5, 5.41) is 3.49. The van der Waals surface area contributed by atoms with E-state index in [2.05, 4.69) is 73.8 Å². The van der Waals surface area contributed by atoms with Crippen LogP contribution in [0.1, 0.15) is 11.1 Å². The van der Waals surface area contributed by atoms with Crippen molar-refractivity contribution in [3.05, 3.63) is 102 Å². The zero-order chi connectivity index (χ0) is 18.6. The Morgan fingerprint density at radius 2 is 1.30 bits per heavy atom. The molecule has 0 aliphatic heterocycles. The van der Waals surface area contributed by atoms with Gasteiger partial charge in [-0.15, -0.1) is 0 Å². The highest BCUT2D eigenvalue weighted by Gasteiger charge is 2.12. The highest BCUT2D eigenvalue weighted by atomic mass is 15.0. The van der Waals surface area contributed by atoms with Crippen molar-refractivity contribution in [1.29, 1.82) is 0 Å². The van der Waals surface area contributed by atoms with Crippen LogP contribution in [0.15, 0.2) is 91.0 Å². The number of hydrogen-bond donors (Lipinski definition) is 1. The predicted octanol–water partition coefficient (Wildman–Crippen LogP) is 6.78. The molecule has 0 unspecified atom stereocenters. The van der Waals surface area contributed by atoms with Gasteiger partial charge in [0.2, 0.25) is 0 Å². The Hall–Kier alpha value is -3.39. The van der Waals surface area contributed by atoms with Gasteiger partial charge in [-0.1, -0.05) is 78.4 Å². The molecule has 3 aromatic carbocycles. The van der Waals surface area contributed by atoms with Crippen molar-refractivity contribution in [3.63, 3.8) is 0 Å². The largest absolute Gasteiger partial charge is 0.340 e. The molecule has 1 heterocycles. The van der Waals surface area contributed by atoms with E-state index in [4.69, 9.17) is 4.98 Å². The normalized spacial score (nSPS) is 10.6. The molecule has 0 saturated carbocycles. The second kappa shape index (κ2) is 7.46. The van der Waals surface area contributed by atoms with Crippen LogP contribution in [0.5, 0.6) is 0 Å². The molecule has 132 valence electrons. The van der Waals surface area contributed by atoms with Crippen LogP contribution in [0, 0.1) is 13.8 Å². The Morgan fingerprint density at radius 3 is 1.96 bits per heavy atom. The van der Waals surface area contributed by atoms with Gasteiger partial charge in [-0.3, -0.25) is 0 Å². The van der Waals surface area contributed by atoms with E-state index >= 15 is 0 Å². The number of pyridine rings is 1. The van der Waals surface area contributed by atoms with Crippen LogP contribution in [-0.2, 0) is 0 Å². The molecule has 0 amide bonds. The van der Waals surface area contributed by atoms with Crippen molar-refractivity contribution in [2.45, 2.75) is 13.8 Å². The van der Waals surface area contributed by atoms with Crippen LogP contribution in [0.2, 0.25) is 0 Å². The average molecular weight is 350 g/mol. The molecule has 1 N–H and O–H groups in total. The molecule has 0 atom stereocenters. The molecule has 0 aliphatic rings. The minimum Gasteiger partial charge on any atom is -0.340 e. The fourth-order valence-corrected chi connectivity index (χ4v) is 3.18. The van der Waals surface area contributed by atoms with Gasteiger partial charge < -0.3 is 5.32 Å². The number of rotatable bonds is 4. The van der Waals surface area contributed by atoms with Gasteiger partial charge in [0.1, 0.15) is 5.82 Å². The monoisotopic (exact) mass is 350 g/mol. The molecule has 0 fully saturated rings. The van der Waals surface area contributed by atoms with Crippen LogP contribution < -0.4 is 5.32 Å². The third kappa shape index (κ3) is 3.75. The summed E-state index contributed by atoms with van der Waals surface area (Å²) in [6.07, 6.45) is 0. The number of anilines is 2. The summed E-state index contributed by atoms with van der Waals surface area (Å²) in [4.78, 5) is 4.93. The first kappa shape index (κ1) is 17.0. The summed E-state index contributed by atoms with van der Waals surface area (Å²) in [6, 6.07) is 31.4. The van der Waals surface area contributed by atoms with Crippen molar-refractivity contribution in [3.8, 4) is 22.4 Å². The second-order valence-electron chi connectivity index (χ2n) is 6.75. The number of benzene rings is 3. The molecule has 0 spiro atoms. The average Bonchev–Trinajstić information content (AvgIpc) is 2.72. The predicted molar refractivity (Wildman–Crippen MR) is 114 cm³/mol. The molecule has 4 rings (SSSR count). The van der Waals surface area contributed by atoms with Crippen molar-refractivity contribution in [1.82, 2.24) is 4.98 Å². The lowest BCUT2D eigenvalue weighted by molar-refractivity contribution is 1.26. The summed E-state index contributed by atoms with van der Waals surface area (Å²) in [5.41, 5.74) is 7.92. The molecule has 0 radical (unpaired) electrons. The third-order valence-corrected chi connectivity index (χ3v) is 4.74. The smallest absolute Gasteiger partial charge is 0.134 e. The van der Waals surface area contributed by atoms with Gasteiger partial charge in [0.05, 0.1) is 5.69 Å². The maximum Gasteiger partial charge on any atom is 0.134 e. The fraction of sp³-hybridized carbons (Fsp3) is 0.0800. The molecule has 1 aromatic heterocycles. The quantitative estimate of drug-likeness (QED) is 0.439. The van der Waals surface area contributed by atoms with Crippen LogP contribution in [0.4, 0.5) is 11.5 Å². The van der Waals surface area contributed by atoms with Gasteiger partial charge in [-0.05, 0) is 48.7 Å². The standard InChI is InChI=1S/C25H22N2/c1-18-13-15-20(16-14-18)23-17-24(21-9-5-3-6-10-21)27-25(19(23)2)26-22-11-7-4-8-12-22/h3-17H,1-2H3,(H,26,27). The van der Waals surface area contributed by atoms with Gasteiger partial charge in [-0.25, -0.2) is 4.98 Å². The second-order valence-corrected chi connectivity index (χ2v) is 6.75. The number of hydrogen-bond acceptors (Lipinski definition) is 2. The molecular formula is C25H22N2. The SMILES string of the molecule is Cc1ccc(-c2cc(-c3ccccc3)nc(Nc3ccccc3)c2C)cc1. The molecule has 2 nitrogen and oxygen atoms in total. The van der Waals surface area contributed by atoms with Crippen molar-refractivity contribution in [2.24, 2.45) is 0 Å². The van der Waals surface area contributed by atoms with Gasteiger partial charge in [0.25, 0.3) is 0 Å². The maximum atomic E-state index is 4.93. The molecule has 0 aliphatic carbocycles. The number of para-hydroxylation sites is 1. The zero-order valence-electron chi connectivity index (χ0n) is 15.6. The molecular weight excluding hydrogens is 328 g/mol. The summed E-state index contributed by atoms with van der Waals surface area (Å²) < 4.78 is 0. The van der Waals surface area contributed by atoms with Crippen LogP contribution in [0.3, 0.4) is 0 Å². The Morgan fingerprint density at radius 1 is 0.667 bits per heavy atom. The van der Waals surface area contributed by atoms with E-state index in [1.54, 1.807) is 0 Å². The first-order valence-corrected chi connectivity index (χ1v) is 9.17. The minimum atomic E-state index is 0.887. The van der Waals surface area contributed by atoms with E-state index in [0.29, 0.717) is 0 Å². The summed E-state index contributed by atoms with van der Waals surface area (Å²) >= 11 is 0. The Balaban J connectivity index is 1.87. The Labute approximate surface area is 160 Å². The number of nitrogens with one attached hydrogen (secondary N) is 1. The van der Waals surface area contributed by atoms with Crippen LogP contribution in [-0.4, -0.2) is 4.98 Å². The number of nitrogens with zero attached hydrogens (tertiary/aromatic N) is 1. The molecule has 0 saturated heterocycles. The van der Waals surface area contributed by atoms with E-state index in [-0.39, 0.29) is 0 Å². The van der Waals surface area contributed by atoms with Crippen molar-refractivity contribution < 1.29 is 0 Å². The first-order chi connectivity index (χ1) is 13.2. The molecule has 27 heavy (non-hydrogen) atoms. The maximum absolute atomic E-state index is 4.93. The van der Waals surface area contributed by atoms with Crippen LogP contribution >= 0.6 is 0 Å². The van der Waals surface area contributed by atoms with Gasteiger partial charge in [0, 0.05) is 11.3 Å². The lowest BCUT2D eigenvalue weighted by atomic mass is 9.98. The van der Waals surface area contributed by atoms with Crippen molar-refractivity contribution in [2.75, 3.05) is 5.32 Å². The lowest BCUT2D eigenvalue weighted by Gasteiger charge is -2.16. The summed E-state index contributed by atoms with van der Waals surface area (Å²) in [5.74, 6) is 0.887. The molecule has 0 bridgehead atoms. The molecule has 4 aromatic rings. The third-order valence-electron chi connectivity index (χ3n) is 4.74. The molecule has 2 heteroatoms. The lowest BCUT2D eigenvalue weighted by Crippen LogP contribution is -2.00. The van der Waals surface area contributed by atoms with E-state index in [9.17, 15) is 0 Å². The summed E-state index contributed by atoms with van der Waals surface area (Å²) in [7, 11) is 0. The van der Waals surface area contributed by atoms with Crippen molar-refractivity contribution >= 4 is 11.5 Å². The minimum absolute atomic E-state index is 0.887. The number of aryl methyl sites for hydroxylation is 1.